The van der Waals surface area contributed by atoms with Gasteiger partial charge in [0.1, 0.15) is 17.1 Å². The zero-order chi connectivity index (χ0) is 24.6. The van der Waals surface area contributed by atoms with Crippen molar-refractivity contribution in [2.24, 2.45) is 5.16 Å². The molecule has 4 N–H and O–H groups in total. The summed E-state index contributed by atoms with van der Waals surface area (Å²) in [5, 5.41) is 27.6. The van der Waals surface area contributed by atoms with E-state index in [-0.39, 0.29) is 52.2 Å². The number of carbonyl (C=O) groups is 3. The second kappa shape index (κ2) is 11.4. The number of carboxylic acid groups (broad SMARTS) is 1. The van der Waals surface area contributed by atoms with Crippen LogP contribution in [0.4, 0.5) is 5.13 Å². The number of carboxylic acids is 1. The van der Waals surface area contributed by atoms with Crippen LogP contribution < -0.4 is 45.7 Å². The monoisotopic (exact) mass is 551 g/mol. The number of hydrogen-bond donors (Lipinski definition) is 3. The molecule has 2 amide bonds. The number of nitrogen functional groups attached to an aromatic ring is 1. The molecule has 2 unspecified atom stereocenters. The van der Waals surface area contributed by atoms with Crippen LogP contribution in [0.2, 0.25) is 0 Å². The van der Waals surface area contributed by atoms with E-state index in [0.29, 0.717) is 29.4 Å². The van der Waals surface area contributed by atoms with Crippen molar-refractivity contribution in [3.63, 3.8) is 0 Å². The smallest absolute Gasteiger partial charge is 0.543 e. The number of aromatic nitrogens is 1. The summed E-state index contributed by atoms with van der Waals surface area (Å²) < 4.78 is 11.4. The van der Waals surface area contributed by atoms with E-state index >= 15 is 0 Å². The van der Waals surface area contributed by atoms with Gasteiger partial charge < -0.3 is 35.6 Å². The van der Waals surface area contributed by atoms with Crippen LogP contribution in [0.25, 0.3) is 0 Å². The van der Waals surface area contributed by atoms with Crippen LogP contribution >= 0.6 is 34.9 Å². The first kappa shape index (κ1) is 28.2. The van der Waals surface area contributed by atoms with E-state index in [1.165, 1.54) is 28.9 Å². The van der Waals surface area contributed by atoms with Gasteiger partial charge in [-0.1, -0.05) is 5.16 Å². The Hall–Kier alpha value is -1.33. The molecule has 184 valence electrons. The maximum Gasteiger partial charge on any atom is 1.00 e. The van der Waals surface area contributed by atoms with Gasteiger partial charge in [-0.2, -0.15) is 0 Å². The van der Waals surface area contributed by atoms with Crippen molar-refractivity contribution in [3.05, 3.63) is 21.7 Å². The van der Waals surface area contributed by atoms with Gasteiger partial charge in [-0.05, 0) is 20.3 Å². The molecule has 12 nitrogen and oxygen atoms in total. The van der Waals surface area contributed by atoms with Gasteiger partial charge in [0.05, 0.1) is 24.4 Å². The summed E-state index contributed by atoms with van der Waals surface area (Å²) in [6, 6.07) is -0.995. The van der Waals surface area contributed by atoms with E-state index in [1.807, 2.05) is 13.8 Å². The molecule has 1 aromatic rings. The Morgan fingerprint density at radius 2 is 2.23 bits per heavy atom. The molecule has 2 fully saturated rings. The van der Waals surface area contributed by atoms with Crippen LogP contribution in [-0.2, 0) is 23.9 Å². The van der Waals surface area contributed by atoms with E-state index in [1.54, 1.807) is 0 Å². The molecule has 2 saturated heterocycles. The minimum atomic E-state index is -1.46. The number of amides is 2. The number of nitrogens with one attached hydrogen (secondary N) is 1. The van der Waals surface area contributed by atoms with Crippen LogP contribution in [0.3, 0.4) is 0 Å². The summed E-state index contributed by atoms with van der Waals surface area (Å²) in [6.45, 7) is 4.18. The number of oxime groups is 1. The van der Waals surface area contributed by atoms with Crippen LogP contribution in [0.5, 0.6) is 0 Å². The molecule has 0 radical (unpaired) electrons. The summed E-state index contributed by atoms with van der Waals surface area (Å²) in [6.07, 6.45) is 0.554. The topological polar surface area (TPSA) is 180 Å². The number of β-lactam (4-membered cyclic amide) rings is 1. The number of anilines is 1. The van der Waals surface area contributed by atoms with E-state index in [0.717, 1.165) is 16.2 Å². The van der Waals surface area contributed by atoms with Crippen molar-refractivity contribution in [1.29, 1.82) is 0 Å². The molecule has 0 bridgehead atoms. The Bertz CT molecular complexity index is 1080. The number of fused-ring (bicyclic) bond motifs is 1. The standard InChI is InChI=1S/C19H23N5O7S3.Na/c1-19(2)30-4-3-8(31-19)5-32-10-7-33-16-12(15(26)24(16)13(10)17(27)28)22-14(25)11(23-29)9-6-34-18(20)21-9;/h6,8,12,16,29H,3-5,7H2,1-2H3,(H2,20,21)(H,22,25)(H,27,28);/q;+1/p-1/b23-11-;/t8?,12?,16-;/m1./s1. The number of nitrogens with two attached hydrogens (primary N) is 1. The molecular formula is C19H22N5NaO7S3. The molecular weight excluding hydrogens is 529 g/mol. The first-order valence-electron chi connectivity index (χ1n) is 10.2. The average Bonchev–Trinajstić information content (AvgIpc) is 3.20. The number of nitrogens with zero attached hydrogens (tertiary/aromatic N) is 3. The Balaban J connectivity index is 0.00000342. The Morgan fingerprint density at radius 1 is 1.49 bits per heavy atom. The van der Waals surface area contributed by atoms with Gasteiger partial charge in [-0.3, -0.25) is 14.5 Å². The normalized spacial score (nSPS) is 25.9. The van der Waals surface area contributed by atoms with Crippen LogP contribution in [0.15, 0.2) is 21.1 Å². The van der Waals surface area contributed by atoms with Gasteiger partial charge in [0.15, 0.2) is 16.6 Å². The van der Waals surface area contributed by atoms with Gasteiger partial charge in [0.25, 0.3) is 11.8 Å². The van der Waals surface area contributed by atoms with Gasteiger partial charge in [-0.15, -0.1) is 34.9 Å². The van der Waals surface area contributed by atoms with Crippen molar-refractivity contribution in [1.82, 2.24) is 15.2 Å². The molecule has 4 rings (SSSR count). The van der Waals surface area contributed by atoms with E-state index in [2.05, 4.69) is 15.5 Å². The number of hydrogen-bond acceptors (Lipinski definition) is 13. The summed E-state index contributed by atoms with van der Waals surface area (Å²) >= 11 is 3.69. The number of thiazole rings is 1. The average molecular weight is 552 g/mol. The number of ether oxygens (including phenoxy) is 2. The van der Waals surface area contributed by atoms with Gasteiger partial charge in [0, 0.05) is 21.8 Å². The Kier molecular flexibility index (Phi) is 9.18. The summed E-state index contributed by atoms with van der Waals surface area (Å²) in [5.74, 6) is -2.77. The maximum absolute atomic E-state index is 12.8. The van der Waals surface area contributed by atoms with Crippen molar-refractivity contribution in [2.45, 2.75) is 43.6 Å². The van der Waals surface area contributed by atoms with Crippen molar-refractivity contribution < 1.29 is 63.7 Å². The fourth-order valence-electron chi connectivity index (χ4n) is 3.75. The zero-order valence-electron chi connectivity index (χ0n) is 19.2. The Morgan fingerprint density at radius 3 is 2.83 bits per heavy atom. The molecule has 1 aromatic heterocycles. The molecule has 0 aromatic carbocycles. The predicted molar refractivity (Wildman–Crippen MR) is 124 cm³/mol. The molecule has 3 atom stereocenters. The van der Waals surface area contributed by atoms with E-state index in [4.69, 9.17) is 15.2 Å². The quantitative estimate of drug-likeness (QED) is 0.101. The van der Waals surface area contributed by atoms with Crippen molar-refractivity contribution in [3.8, 4) is 0 Å². The number of carbonyl (C=O) groups excluding carboxylic acids is 3. The third-order valence-electron chi connectivity index (χ3n) is 5.28. The van der Waals surface area contributed by atoms with Crippen LogP contribution in [0.1, 0.15) is 26.0 Å². The minimum Gasteiger partial charge on any atom is -0.543 e. The molecule has 4 heterocycles. The molecule has 0 saturated carbocycles. The van der Waals surface area contributed by atoms with Crippen molar-refractivity contribution >= 4 is 63.5 Å². The summed E-state index contributed by atoms with van der Waals surface area (Å²) in [7, 11) is 0. The fourth-order valence-corrected chi connectivity index (χ4v) is 6.97. The van der Waals surface area contributed by atoms with Crippen LogP contribution in [-0.4, -0.2) is 80.0 Å². The van der Waals surface area contributed by atoms with E-state index in [9.17, 15) is 24.7 Å². The molecule has 0 spiro atoms. The largest absolute Gasteiger partial charge is 1.00 e. The summed E-state index contributed by atoms with van der Waals surface area (Å²) in [5.41, 5.74) is 5.03. The molecule has 3 aliphatic rings. The van der Waals surface area contributed by atoms with Gasteiger partial charge in [-0.25, -0.2) is 4.98 Å². The van der Waals surface area contributed by atoms with Crippen molar-refractivity contribution in [2.75, 3.05) is 23.8 Å². The first-order valence-corrected chi connectivity index (χ1v) is 13.1. The second-order valence-electron chi connectivity index (χ2n) is 8.03. The number of rotatable bonds is 7. The molecule has 0 aliphatic carbocycles. The van der Waals surface area contributed by atoms with E-state index < -0.39 is 40.7 Å². The van der Waals surface area contributed by atoms with Gasteiger partial charge in [0.2, 0.25) is 0 Å². The fraction of sp³-hybridized carbons (Fsp3) is 0.526. The zero-order valence-corrected chi connectivity index (χ0v) is 23.6. The molecule has 3 aliphatic heterocycles. The minimum absolute atomic E-state index is 0. The molecule has 35 heavy (non-hydrogen) atoms. The maximum atomic E-state index is 12.8. The number of thioether (sulfide) groups is 2. The van der Waals surface area contributed by atoms with Gasteiger partial charge >= 0.3 is 29.6 Å². The third-order valence-corrected chi connectivity index (χ3v) is 8.64. The third kappa shape index (κ3) is 5.98. The SMILES string of the molecule is CC1(C)OCCC(CSC2=C(C(=O)[O-])N3C(=O)C(NC(=O)/C(=N\O)c4csc(N)n4)[C@H]3SC2)O1.[Na+]. The van der Waals surface area contributed by atoms with Crippen LogP contribution in [0, 0.1) is 0 Å². The Labute approximate surface area is 235 Å². The number of aliphatic carboxylic acids is 1. The second-order valence-corrected chi connectivity index (χ2v) is 11.1. The molecule has 16 heteroatoms. The summed E-state index contributed by atoms with van der Waals surface area (Å²) in [4.78, 5) is 42.9. The first-order chi connectivity index (χ1) is 16.1. The predicted octanol–water partition coefficient (Wildman–Crippen LogP) is -3.46.